The maximum absolute atomic E-state index is 13.2. The number of ether oxygens (including phenoxy) is 1. The summed E-state index contributed by atoms with van der Waals surface area (Å²) in [5.41, 5.74) is 0. The summed E-state index contributed by atoms with van der Waals surface area (Å²) in [6.45, 7) is 6.39. The van der Waals surface area contributed by atoms with Crippen molar-refractivity contribution in [3.8, 4) is 0 Å². The second-order valence-electron chi connectivity index (χ2n) is 18.1. The SMILES string of the molecule is CCC/C=C/C=C/C=C/C=C/C=C/CCCCCCCC(=O)OC(CCCCCCCCCCCCCCCCCC)CC(=O)NC(CO)C(O)CCCCCCCCCCC. The van der Waals surface area contributed by atoms with E-state index in [4.69, 9.17) is 4.74 Å². The first kappa shape index (κ1) is 59.6. The van der Waals surface area contributed by atoms with Crippen LogP contribution in [0.4, 0.5) is 0 Å². The molecule has 0 saturated carbocycles. The molecule has 0 aliphatic rings. The Hall–Kier alpha value is -2.44. The Balaban J connectivity index is 4.60. The molecule has 0 rings (SSSR count). The van der Waals surface area contributed by atoms with Gasteiger partial charge in [0, 0.05) is 6.42 Å². The third-order valence-electron chi connectivity index (χ3n) is 12.0. The van der Waals surface area contributed by atoms with Crippen molar-refractivity contribution in [3.05, 3.63) is 60.8 Å². The van der Waals surface area contributed by atoms with E-state index < -0.39 is 18.2 Å². The lowest BCUT2D eigenvalue weighted by Gasteiger charge is -2.24. The van der Waals surface area contributed by atoms with E-state index in [0.717, 1.165) is 77.0 Å². The molecule has 0 fully saturated rings. The normalized spacial score (nSPS) is 13.7. The number of rotatable bonds is 47. The summed E-state index contributed by atoms with van der Waals surface area (Å²) in [6.07, 6.45) is 61.3. The summed E-state index contributed by atoms with van der Waals surface area (Å²) >= 11 is 0. The van der Waals surface area contributed by atoms with Crippen molar-refractivity contribution in [1.29, 1.82) is 0 Å². The summed E-state index contributed by atoms with van der Waals surface area (Å²) in [4.78, 5) is 26.2. The van der Waals surface area contributed by atoms with E-state index in [0.29, 0.717) is 19.3 Å². The van der Waals surface area contributed by atoms with Crippen molar-refractivity contribution >= 4 is 11.9 Å². The van der Waals surface area contributed by atoms with Gasteiger partial charge in [-0.05, 0) is 44.9 Å². The van der Waals surface area contributed by atoms with Gasteiger partial charge >= 0.3 is 5.97 Å². The number of hydrogen-bond acceptors (Lipinski definition) is 5. The molecular formula is C56H101NO5. The van der Waals surface area contributed by atoms with Crippen LogP contribution in [0.25, 0.3) is 0 Å². The Kier molecular flexibility index (Phi) is 47.6. The standard InChI is InChI=1S/C56H101NO5/c1-4-7-10-13-16-19-21-23-25-27-28-30-32-34-37-40-43-46-49-56(61)62-52(47-44-41-38-36-33-31-29-26-24-22-20-17-14-11-8-5-2)50-55(60)57-53(51-58)54(59)48-45-42-39-35-18-15-12-9-6-3/h10,13,16,19,21,23,25,27-28,30,52-54,58-59H,4-9,11-12,14-15,17-18,20,22,24,26,29,31-51H2,1-3H3,(H,57,60)/b13-10+,19-16+,23-21+,27-25+,30-28+. The molecule has 0 saturated heterocycles. The highest BCUT2D eigenvalue weighted by molar-refractivity contribution is 5.77. The average Bonchev–Trinajstić information content (AvgIpc) is 3.26. The van der Waals surface area contributed by atoms with Crippen molar-refractivity contribution in [2.45, 2.75) is 277 Å². The largest absolute Gasteiger partial charge is 0.462 e. The highest BCUT2D eigenvalue weighted by Gasteiger charge is 2.24. The lowest BCUT2D eigenvalue weighted by Crippen LogP contribution is -2.46. The van der Waals surface area contributed by atoms with Gasteiger partial charge in [0.05, 0.1) is 25.2 Å². The molecule has 6 nitrogen and oxygen atoms in total. The van der Waals surface area contributed by atoms with Crippen LogP contribution in [0.5, 0.6) is 0 Å². The van der Waals surface area contributed by atoms with E-state index in [2.05, 4.69) is 62.5 Å². The molecule has 0 aromatic carbocycles. The van der Waals surface area contributed by atoms with Gasteiger partial charge in [0.15, 0.2) is 0 Å². The van der Waals surface area contributed by atoms with Gasteiger partial charge in [-0.1, -0.05) is 261 Å². The number of unbranched alkanes of at least 4 members (excludes halogenated alkanes) is 29. The van der Waals surface area contributed by atoms with Crippen molar-refractivity contribution in [2.75, 3.05) is 6.61 Å². The van der Waals surface area contributed by atoms with E-state index in [-0.39, 0.29) is 24.9 Å². The molecule has 0 aromatic heterocycles. The van der Waals surface area contributed by atoms with E-state index in [1.165, 1.54) is 135 Å². The summed E-state index contributed by atoms with van der Waals surface area (Å²) in [6, 6.07) is -0.706. The Morgan fingerprint density at radius 3 is 1.31 bits per heavy atom. The molecule has 0 radical (unpaired) electrons. The second kappa shape index (κ2) is 49.6. The number of allylic oxidation sites excluding steroid dienone is 10. The summed E-state index contributed by atoms with van der Waals surface area (Å²) < 4.78 is 5.94. The van der Waals surface area contributed by atoms with Crippen molar-refractivity contribution in [1.82, 2.24) is 5.32 Å². The maximum Gasteiger partial charge on any atom is 0.306 e. The molecule has 3 atom stereocenters. The summed E-state index contributed by atoms with van der Waals surface area (Å²) in [5, 5.41) is 23.7. The maximum atomic E-state index is 13.2. The fraction of sp³-hybridized carbons (Fsp3) is 0.786. The minimum absolute atomic E-state index is 0.0680. The predicted molar refractivity (Wildman–Crippen MR) is 268 cm³/mol. The van der Waals surface area contributed by atoms with Crippen LogP contribution >= 0.6 is 0 Å². The average molecular weight is 868 g/mol. The Morgan fingerprint density at radius 2 is 0.855 bits per heavy atom. The van der Waals surface area contributed by atoms with E-state index >= 15 is 0 Å². The predicted octanol–water partition coefficient (Wildman–Crippen LogP) is 16.0. The van der Waals surface area contributed by atoms with E-state index in [1.807, 2.05) is 24.3 Å². The zero-order chi connectivity index (χ0) is 45.2. The highest BCUT2D eigenvalue weighted by atomic mass is 16.5. The monoisotopic (exact) mass is 868 g/mol. The zero-order valence-electron chi connectivity index (χ0n) is 41.0. The lowest BCUT2D eigenvalue weighted by molar-refractivity contribution is -0.151. The van der Waals surface area contributed by atoms with E-state index in [1.54, 1.807) is 0 Å². The van der Waals surface area contributed by atoms with Gasteiger partial charge in [0.2, 0.25) is 5.91 Å². The van der Waals surface area contributed by atoms with Crippen LogP contribution in [0.2, 0.25) is 0 Å². The van der Waals surface area contributed by atoms with Gasteiger partial charge in [-0.2, -0.15) is 0 Å². The van der Waals surface area contributed by atoms with Crippen LogP contribution in [0.3, 0.4) is 0 Å². The van der Waals surface area contributed by atoms with Crippen LogP contribution in [0.15, 0.2) is 60.8 Å². The molecule has 0 aromatic rings. The first-order chi connectivity index (χ1) is 30.5. The van der Waals surface area contributed by atoms with Gasteiger partial charge < -0.3 is 20.3 Å². The number of aliphatic hydroxyl groups excluding tert-OH is 2. The molecular weight excluding hydrogens is 767 g/mol. The minimum Gasteiger partial charge on any atom is -0.462 e. The topological polar surface area (TPSA) is 95.9 Å². The Labute approximate surface area is 384 Å². The third-order valence-corrected chi connectivity index (χ3v) is 12.0. The number of aliphatic hydroxyl groups is 2. The third kappa shape index (κ3) is 44.2. The van der Waals surface area contributed by atoms with Gasteiger partial charge in [-0.3, -0.25) is 9.59 Å². The van der Waals surface area contributed by atoms with Gasteiger partial charge in [-0.25, -0.2) is 0 Å². The molecule has 0 spiro atoms. The molecule has 0 aliphatic heterocycles. The van der Waals surface area contributed by atoms with Crippen LogP contribution in [0.1, 0.15) is 258 Å². The number of carbonyl (C=O) groups is 2. The van der Waals surface area contributed by atoms with E-state index in [9.17, 15) is 19.8 Å². The van der Waals surface area contributed by atoms with Crippen LogP contribution in [0, 0.1) is 0 Å². The van der Waals surface area contributed by atoms with Gasteiger partial charge in [-0.15, -0.1) is 0 Å². The molecule has 1 amide bonds. The fourth-order valence-corrected chi connectivity index (χ4v) is 7.93. The lowest BCUT2D eigenvalue weighted by atomic mass is 10.0. The Morgan fingerprint density at radius 1 is 0.468 bits per heavy atom. The second-order valence-corrected chi connectivity index (χ2v) is 18.1. The molecule has 0 heterocycles. The molecule has 6 heteroatoms. The molecule has 62 heavy (non-hydrogen) atoms. The van der Waals surface area contributed by atoms with Crippen molar-refractivity contribution in [3.63, 3.8) is 0 Å². The van der Waals surface area contributed by atoms with Crippen molar-refractivity contribution in [2.24, 2.45) is 0 Å². The number of nitrogens with one attached hydrogen (secondary N) is 1. The highest BCUT2D eigenvalue weighted by Crippen LogP contribution is 2.18. The van der Waals surface area contributed by atoms with Crippen LogP contribution < -0.4 is 5.32 Å². The van der Waals surface area contributed by atoms with Crippen LogP contribution in [-0.2, 0) is 14.3 Å². The summed E-state index contributed by atoms with van der Waals surface area (Å²) in [7, 11) is 0. The van der Waals surface area contributed by atoms with Gasteiger partial charge in [0.25, 0.3) is 0 Å². The van der Waals surface area contributed by atoms with Crippen molar-refractivity contribution < 1.29 is 24.5 Å². The molecule has 3 N–H and O–H groups in total. The summed E-state index contributed by atoms with van der Waals surface area (Å²) in [5.74, 6) is -0.496. The molecule has 0 aliphatic carbocycles. The quantitative estimate of drug-likeness (QED) is 0.0322. The molecule has 0 bridgehead atoms. The minimum atomic E-state index is -0.791. The number of amides is 1. The molecule has 3 unspecified atom stereocenters. The smallest absolute Gasteiger partial charge is 0.306 e. The number of esters is 1. The number of hydrogen-bond donors (Lipinski definition) is 3. The fourth-order valence-electron chi connectivity index (χ4n) is 7.93. The zero-order valence-corrected chi connectivity index (χ0v) is 41.0. The molecule has 360 valence electrons. The number of carbonyl (C=O) groups excluding carboxylic acids is 2. The van der Waals surface area contributed by atoms with Crippen LogP contribution in [-0.4, -0.2) is 46.9 Å². The first-order valence-electron chi connectivity index (χ1n) is 26.6. The first-order valence-corrected chi connectivity index (χ1v) is 26.6. The van der Waals surface area contributed by atoms with Gasteiger partial charge in [0.1, 0.15) is 6.10 Å². The Bertz CT molecular complexity index is 1110.